The highest BCUT2D eigenvalue weighted by atomic mass is 32.2. The van der Waals surface area contributed by atoms with Gasteiger partial charge in [-0.15, -0.1) is 5.11 Å². The number of hydrogen-bond acceptors (Lipinski definition) is 8. The van der Waals surface area contributed by atoms with E-state index in [1.54, 1.807) is 6.92 Å². The van der Waals surface area contributed by atoms with Gasteiger partial charge in [0.25, 0.3) is 15.7 Å². The van der Waals surface area contributed by atoms with Gasteiger partial charge >= 0.3 is 0 Å². The van der Waals surface area contributed by atoms with E-state index in [0.29, 0.717) is 0 Å². The summed E-state index contributed by atoms with van der Waals surface area (Å²) in [5, 5.41) is 17.9. The molecule has 2 aromatic rings. The maximum Gasteiger partial charge on any atom is 0.281 e. The van der Waals surface area contributed by atoms with Crippen LogP contribution < -0.4 is 5.56 Å². The fraction of sp³-hybridized carbons (Fsp3) is 0.312. The number of hydrogen-bond donors (Lipinski definition) is 2. The highest BCUT2D eigenvalue weighted by Gasteiger charge is 2.22. The minimum atomic E-state index is -4.47. The van der Waals surface area contributed by atoms with Gasteiger partial charge in [0.05, 0.1) is 10.6 Å². The van der Waals surface area contributed by atoms with E-state index in [0.717, 1.165) is 10.8 Å². The van der Waals surface area contributed by atoms with Gasteiger partial charge < -0.3 is 5.11 Å². The lowest BCUT2D eigenvalue weighted by Gasteiger charge is -2.14. The molecule has 0 aliphatic rings. The van der Waals surface area contributed by atoms with E-state index in [9.17, 15) is 26.7 Å². The van der Waals surface area contributed by atoms with Crippen molar-refractivity contribution in [3.05, 3.63) is 45.7 Å². The van der Waals surface area contributed by atoms with Crippen LogP contribution in [-0.4, -0.2) is 37.3 Å². The third kappa shape index (κ3) is 4.82. The summed E-state index contributed by atoms with van der Waals surface area (Å²) in [6, 6.07) is 5.46. The van der Waals surface area contributed by atoms with E-state index in [1.165, 1.54) is 31.2 Å². The molecule has 0 aliphatic carbocycles. The molecule has 10 nitrogen and oxygen atoms in total. The molecule has 0 fully saturated rings. The molecule has 1 aromatic heterocycles. The predicted molar refractivity (Wildman–Crippen MR) is 102 cm³/mol. The highest BCUT2D eigenvalue weighted by molar-refractivity contribution is 7.90. The van der Waals surface area contributed by atoms with Crippen LogP contribution in [0.2, 0.25) is 0 Å². The number of sulfone groups is 1. The quantitative estimate of drug-likeness (QED) is 0.526. The molecule has 0 saturated heterocycles. The zero-order valence-electron chi connectivity index (χ0n) is 15.3. The molecule has 0 spiro atoms. The van der Waals surface area contributed by atoms with Crippen molar-refractivity contribution in [3.63, 3.8) is 0 Å². The van der Waals surface area contributed by atoms with E-state index in [4.69, 9.17) is 4.55 Å². The third-order valence-corrected chi connectivity index (χ3v) is 5.74. The number of aromatic hydroxyl groups is 1. The van der Waals surface area contributed by atoms with Gasteiger partial charge in [-0.2, -0.15) is 13.5 Å². The molecule has 0 atom stereocenters. The van der Waals surface area contributed by atoms with Crippen LogP contribution >= 0.6 is 0 Å². The molecule has 1 heterocycles. The summed E-state index contributed by atoms with van der Waals surface area (Å²) < 4.78 is 55.5. The average molecular weight is 429 g/mol. The fourth-order valence-electron chi connectivity index (χ4n) is 2.49. The van der Waals surface area contributed by atoms with Crippen LogP contribution in [0, 0.1) is 6.92 Å². The summed E-state index contributed by atoms with van der Waals surface area (Å²) in [4.78, 5) is 12.6. The van der Waals surface area contributed by atoms with Crippen molar-refractivity contribution >= 4 is 31.3 Å². The Morgan fingerprint density at radius 3 is 2.11 bits per heavy atom. The smallest absolute Gasteiger partial charge is 0.281 e. The Balaban J connectivity index is 2.57. The lowest BCUT2D eigenvalue weighted by atomic mass is 10.1. The molecule has 0 aliphatic heterocycles. The van der Waals surface area contributed by atoms with Crippen molar-refractivity contribution in [2.45, 2.75) is 31.0 Å². The monoisotopic (exact) mass is 429 g/mol. The average Bonchev–Trinajstić information content (AvgIpc) is 2.58. The summed E-state index contributed by atoms with van der Waals surface area (Å²) in [6.07, 6.45) is 1.06. The van der Waals surface area contributed by atoms with Crippen LogP contribution in [0.15, 0.2) is 44.2 Å². The normalized spacial score (nSPS) is 12.6. The Labute approximate surface area is 161 Å². The number of rotatable bonds is 6. The summed E-state index contributed by atoms with van der Waals surface area (Å²) in [7, 11) is -7.84. The molecule has 1 aromatic carbocycles. The molecule has 0 bridgehead atoms. The second-order valence-electron chi connectivity index (χ2n) is 6.02. The summed E-state index contributed by atoms with van der Waals surface area (Å²) in [6.45, 7) is 2.98. The Hall–Kier alpha value is -2.57. The largest absolute Gasteiger partial charge is 0.494 e. The standard InChI is InChI=1S/C16H19N3O7S2/c1-4-19-15(20)13(9-28(24,25)26)10(2)14(16(19)21)18-17-11-5-7-12(8-6-11)27(3,22)23/h5-8,20H,4,9H2,1-3H3,(H,24,25,26). The zero-order chi connectivity index (χ0) is 21.3. The molecule has 0 amide bonds. The van der Waals surface area contributed by atoms with E-state index in [1.807, 2.05) is 0 Å². The first-order chi connectivity index (χ1) is 12.8. The van der Waals surface area contributed by atoms with Crippen LogP contribution in [0.1, 0.15) is 18.1 Å². The molecule has 2 N–H and O–H groups in total. The number of pyridine rings is 1. The molecular weight excluding hydrogens is 410 g/mol. The molecule has 2 rings (SSSR count). The number of benzene rings is 1. The maximum atomic E-state index is 12.5. The lowest BCUT2D eigenvalue weighted by molar-refractivity contribution is 0.403. The summed E-state index contributed by atoms with van der Waals surface area (Å²) in [5.74, 6) is -1.46. The van der Waals surface area contributed by atoms with Crippen molar-refractivity contribution < 1.29 is 26.5 Å². The van der Waals surface area contributed by atoms with Crippen LogP contribution in [0.5, 0.6) is 5.88 Å². The maximum absolute atomic E-state index is 12.5. The molecule has 0 radical (unpaired) electrons. The van der Waals surface area contributed by atoms with Gasteiger partial charge in [-0.25, -0.2) is 8.42 Å². The molecule has 0 unspecified atom stereocenters. The number of nitrogens with zero attached hydrogens (tertiary/aromatic N) is 3. The fourth-order valence-corrected chi connectivity index (χ4v) is 3.83. The van der Waals surface area contributed by atoms with Crippen molar-refractivity contribution in [2.75, 3.05) is 6.26 Å². The first-order valence-corrected chi connectivity index (χ1v) is 11.5. The second kappa shape index (κ2) is 7.81. The Morgan fingerprint density at radius 2 is 1.64 bits per heavy atom. The van der Waals surface area contributed by atoms with Crippen molar-refractivity contribution in [1.82, 2.24) is 4.57 Å². The SMILES string of the molecule is CCn1c(O)c(CS(=O)(=O)O)c(C)c(N=Nc2ccc(S(C)(=O)=O)cc2)c1=O. The molecule has 152 valence electrons. The highest BCUT2D eigenvalue weighted by Crippen LogP contribution is 2.29. The van der Waals surface area contributed by atoms with Gasteiger partial charge in [0, 0.05) is 18.4 Å². The predicted octanol–water partition coefficient (Wildman–Crippen LogP) is 2.09. The minimum Gasteiger partial charge on any atom is -0.494 e. The number of aromatic nitrogens is 1. The molecule has 0 saturated carbocycles. The van der Waals surface area contributed by atoms with Crippen molar-refractivity contribution in [2.24, 2.45) is 10.2 Å². The third-order valence-electron chi connectivity index (χ3n) is 3.95. The topological polar surface area (TPSA) is 155 Å². The lowest BCUT2D eigenvalue weighted by Crippen LogP contribution is -2.22. The van der Waals surface area contributed by atoms with E-state index >= 15 is 0 Å². The van der Waals surface area contributed by atoms with Crippen LogP contribution in [0.3, 0.4) is 0 Å². The Morgan fingerprint density at radius 1 is 1.07 bits per heavy atom. The van der Waals surface area contributed by atoms with Crippen LogP contribution in [0.4, 0.5) is 11.4 Å². The Bertz CT molecular complexity index is 1200. The minimum absolute atomic E-state index is 0.0367. The van der Waals surface area contributed by atoms with Crippen molar-refractivity contribution in [3.8, 4) is 5.88 Å². The van der Waals surface area contributed by atoms with Gasteiger partial charge in [0.1, 0.15) is 5.75 Å². The van der Waals surface area contributed by atoms with Crippen molar-refractivity contribution in [1.29, 1.82) is 0 Å². The van der Waals surface area contributed by atoms with Gasteiger partial charge in [0.15, 0.2) is 21.4 Å². The molecule has 28 heavy (non-hydrogen) atoms. The van der Waals surface area contributed by atoms with E-state index in [-0.39, 0.29) is 33.9 Å². The van der Waals surface area contributed by atoms with Crippen LogP contribution in [0.25, 0.3) is 0 Å². The molecule has 12 heteroatoms. The summed E-state index contributed by atoms with van der Waals surface area (Å²) in [5.41, 5.74) is -0.733. The van der Waals surface area contributed by atoms with E-state index < -0.39 is 37.1 Å². The first-order valence-electron chi connectivity index (χ1n) is 7.97. The Kier molecular flexibility index (Phi) is 6.06. The van der Waals surface area contributed by atoms with Gasteiger partial charge in [-0.3, -0.25) is 13.9 Å². The molecular formula is C16H19N3O7S2. The van der Waals surface area contributed by atoms with Gasteiger partial charge in [0.2, 0.25) is 0 Å². The summed E-state index contributed by atoms with van der Waals surface area (Å²) >= 11 is 0. The number of azo groups is 1. The first kappa shape index (κ1) is 21.7. The van der Waals surface area contributed by atoms with Gasteiger partial charge in [-0.1, -0.05) is 0 Å². The van der Waals surface area contributed by atoms with Gasteiger partial charge in [-0.05, 0) is 43.7 Å². The van der Waals surface area contributed by atoms with E-state index in [2.05, 4.69) is 10.2 Å². The van der Waals surface area contributed by atoms with Crippen LogP contribution in [-0.2, 0) is 32.3 Å². The second-order valence-corrected chi connectivity index (χ2v) is 9.49. The zero-order valence-corrected chi connectivity index (χ0v) is 17.0.